The number of nitrogens with one attached hydrogen (secondary N) is 1. The molecule has 3 fully saturated rings. The van der Waals surface area contributed by atoms with E-state index in [1.807, 2.05) is 18.2 Å². The zero-order valence-electron chi connectivity index (χ0n) is 19.1. The number of carboxylic acid groups (broad SMARTS) is 1. The van der Waals surface area contributed by atoms with Crippen molar-refractivity contribution in [2.24, 2.45) is 22.7 Å². The minimum Gasteiger partial charge on any atom is -0.479 e. The lowest BCUT2D eigenvalue weighted by molar-refractivity contribution is -0.144. The number of halogens is 1. The van der Waals surface area contributed by atoms with Gasteiger partial charge < -0.3 is 15.2 Å². The van der Waals surface area contributed by atoms with E-state index in [9.17, 15) is 14.7 Å². The fourth-order valence-electron chi connectivity index (χ4n) is 6.75. The van der Waals surface area contributed by atoms with Crippen LogP contribution in [0.3, 0.4) is 0 Å². The highest BCUT2D eigenvalue weighted by Crippen LogP contribution is 2.75. The maximum absolute atomic E-state index is 13.2. The Bertz CT molecular complexity index is 1110. The summed E-state index contributed by atoms with van der Waals surface area (Å²) in [6.07, 6.45) is 5.41. The minimum atomic E-state index is -1.04. The van der Waals surface area contributed by atoms with Crippen molar-refractivity contribution in [2.45, 2.75) is 52.1 Å². The Balaban J connectivity index is 1.35. The third-order valence-corrected chi connectivity index (χ3v) is 8.32. The molecule has 3 aliphatic rings. The number of carboxylic acids is 1. The van der Waals surface area contributed by atoms with E-state index in [0.717, 1.165) is 17.4 Å². The van der Waals surface area contributed by atoms with E-state index >= 15 is 0 Å². The molecule has 4 unspecified atom stereocenters. The van der Waals surface area contributed by atoms with Gasteiger partial charge in [-0.1, -0.05) is 42.8 Å². The highest BCUT2D eigenvalue weighted by molar-refractivity contribution is 6.34. The highest BCUT2D eigenvalue weighted by atomic mass is 35.5. The molecule has 2 N–H and O–H groups in total. The molecule has 0 aliphatic heterocycles. The van der Waals surface area contributed by atoms with Gasteiger partial charge in [0, 0.05) is 12.1 Å². The van der Waals surface area contributed by atoms with Gasteiger partial charge in [0.15, 0.2) is 6.10 Å². The molecule has 2 bridgehead atoms. The molecule has 3 aliphatic carbocycles. The van der Waals surface area contributed by atoms with Crippen molar-refractivity contribution < 1.29 is 19.4 Å². The molecule has 0 aromatic heterocycles. The van der Waals surface area contributed by atoms with E-state index in [-0.39, 0.29) is 11.3 Å². The molecule has 3 saturated carbocycles. The first-order chi connectivity index (χ1) is 15.7. The number of aliphatic carboxylic acids is 1. The Kier molecular flexibility index (Phi) is 5.43. The molecule has 5 rings (SSSR count). The molecule has 5 nitrogen and oxygen atoms in total. The number of para-hydroxylation sites is 1. The van der Waals surface area contributed by atoms with Crippen LogP contribution in [0.5, 0.6) is 5.75 Å². The quantitative estimate of drug-likeness (QED) is 0.539. The molecule has 174 valence electrons. The molecule has 0 heterocycles. The number of carbonyl (C=O) groups is 2. The van der Waals surface area contributed by atoms with Crippen molar-refractivity contribution in [3.05, 3.63) is 53.1 Å². The van der Waals surface area contributed by atoms with Crippen LogP contribution in [-0.2, 0) is 4.79 Å². The first kappa shape index (κ1) is 22.3. The third-order valence-electron chi connectivity index (χ3n) is 7.99. The molecule has 33 heavy (non-hydrogen) atoms. The zero-order valence-corrected chi connectivity index (χ0v) is 19.8. The topological polar surface area (TPSA) is 75.6 Å². The molecule has 1 amide bonds. The fourth-order valence-corrected chi connectivity index (χ4v) is 6.95. The van der Waals surface area contributed by atoms with Gasteiger partial charge in [0.25, 0.3) is 5.91 Å². The van der Waals surface area contributed by atoms with Crippen LogP contribution >= 0.6 is 11.6 Å². The smallest absolute Gasteiger partial charge is 0.344 e. The van der Waals surface area contributed by atoms with Gasteiger partial charge in [0.2, 0.25) is 0 Å². The van der Waals surface area contributed by atoms with Gasteiger partial charge in [-0.3, -0.25) is 4.79 Å². The zero-order chi connectivity index (χ0) is 23.4. The van der Waals surface area contributed by atoms with E-state index in [2.05, 4.69) is 12.2 Å². The maximum atomic E-state index is 13.2. The SMILES string of the molecule is CC1CC2(CNC(=O)c3cc(-c4ccccc4O[C@H](C)C(=O)O)ccc3Cl)CC3CC3(C1)C2. The average molecular weight is 468 g/mol. The van der Waals surface area contributed by atoms with Gasteiger partial charge in [-0.15, -0.1) is 0 Å². The molecule has 6 heteroatoms. The summed E-state index contributed by atoms with van der Waals surface area (Å²) in [4.78, 5) is 24.4. The van der Waals surface area contributed by atoms with Gasteiger partial charge in [-0.05, 0) is 85.5 Å². The lowest BCUT2D eigenvalue weighted by atomic mass is 9.67. The Labute approximate surface area is 199 Å². The van der Waals surface area contributed by atoms with E-state index in [1.54, 1.807) is 24.3 Å². The van der Waals surface area contributed by atoms with E-state index < -0.39 is 12.1 Å². The minimum absolute atomic E-state index is 0.165. The van der Waals surface area contributed by atoms with Crippen LogP contribution in [0, 0.1) is 22.7 Å². The number of hydrogen-bond acceptors (Lipinski definition) is 3. The molecule has 0 radical (unpaired) electrons. The van der Waals surface area contributed by atoms with Crippen LogP contribution < -0.4 is 10.1 Å². The lowest BCUT2D eigenvalue weighted by Gasteiger charge is -2.40. The van der Waals surface area contributed by atoms with Gasteiger partial charge >= 0.3 is 5.97 Å². The first-order valence-corrected chi connectivity index (χ1v) is 12.1. The van der Waals surface area contributed by atoms with Crippen LogP contribution in [0.2, 0.25) is 5.02 Å². The van der Waals surface area contributed by atoms with Crippen molar-refractivity contribution in [2.75, 3.05) is 6.54 Å². The van der Waals surface area contributed by atoms with Crippen LogP contribution in [0.4, 0.5) is 0 Å². The Hall–Kier alpha value is -2.53. The van der Waals surface area contributed by atoms with Crippen molar-refractivity contribution in [3.63, 3.8) is 0 Å². The number of rotatable bonds is 7. The molecular weight excluding hydrogens is 438 g/mol. The monoisotopic (exact) mass is 467 g/mol. The summed E-state index contributed by atoms with van der Waals surface area (Å²) in [5.74, 6) is 0.826. The van der Waals surface area contributed by atoms with Gasteiger partial charge in [0.1, 0.15) is 5.75 Å². The van der Waals surface area contributed by atoms with E-state index in [1.165, 1.54) is 39.0 Å². The second-order valence-electron chi connectivity index (χ2n) is 10.6. The Morgan fingerprint density at radius 2 is 1.97 bits per heavy atom. The van der Waals surface area contributed by atoms with Gasteiger partial charge in [0.05, 0.1) is 10.6 Å². The van der Waals surface area contributed by atoms with Gasteiger partial charge in [-0.25, -0.2) is 4.79 Å². The van der Waals surface area contributed by atoms with Crippen LogP contribution in [0.1, 0.15) is 56.3 Å². The second kappa shape index (κ2) is 8.05. The van der Waals surface area contributed by atoms with Gasteiger partial charge in [-0.2, -0.15) is 0 Å². The maximum Gasteiger partial charge on any atom is 0.344 e. The third kappa shape index (κ3) is 4.12. The highest BCUT2D eigenvalue weighted by Gasteiger charge is 2.67. The fraction of sp³-hybridized carbons (Fsp3) is 0.481. The number of ether oxygens (including phenoxy) is 1. The summed E-state index contributed by atoms with van der Waals surface area (Å²) in [6.45, 7) is 4.54. The summed E-state index contributed by atoms with van der Waals surface area (Å²) >= 11 is 6.43. The number of fused-ring (bicyclic) bond motifs is 1. The number of carbonyl (C=O) groups excluding carboxylic acids is 1. The summed E-state index contributed by atoms with van der Waals surface area (Å²) in [7, 11) is 0. The normalized spacial score (nSPS) is 30.3. The summed E-state index contributed by atoms with van der Waals surface area (Å²) in [5, 5.41) is 12.8. The standard InChI is InChI=1S/C27H30ClNO4/c1-16-10-26(12-19-13-27(19,11-16)14-26)15-29-24(30)21-9-18(7-8-22(21)28)20-5-3-4-6-23(20)33-17(2)25(31)32/h3-9,16-17,19H,10-15H2,1-2H3,(H,29,30)(H,31,32)/t16?,17-,19?,26?,27?/m1/s1. The number of hydrogen-bond donors (Lipinski definition) is 2. The number of benzene rings is 2. The second-order valence-corrected chi connectivity index (χ2v) is 11.0. The van der Waals surface area contributed by atoms with Crippen molar-refractivity contribution in [1.82, 2.24) is 5.32 Å². The van der Waals surface area contributed by atoms with Crippen LogP contribution in [0.25, 0.3) is 11.1 Å². The van der Waals surface area contributed by atoms with Crippen LogP contribution in [0.15, 0.2) is 42.5 Å². The Morgan fingerprint density at radius 3 is 2.76 bits per heavy atom. The van der Waals surface area contributed by atoms with Crippen molar-refractivity contribution in [3.8, 4) is 16.9 Å². The number of amides is 1. The molecule has 2 aromatic carbocycles. The molecule has 2 aromatic rings. The van der Waals surface area contributed by atoms with Crippen molar-refractivity contribution >= 4 is 23.5 Å². The summed E-state index contributed by atoms with van der Waals surface area (Å²) in [5.41, 5.74) is 2.69. The van der Waals surface area contributed by atoms with Crippen molar-refractivity contribution in [1.29, 1.82) is 0 Å². The predicted octanol–water partition coefficient (Wildman–Crippen LogP) is 5.81. The Morgan fingerprint density at radius 1 is 1.18 bits per heavy atom. The van der Waals surface area contributed by atoms with E-state index in [4.69, 9.17) is 16.3 Å². The van der Waals surface area contributed by atoms with Crippen LogP contribution in [-0.4, -0.2) is 29.6 Å². The average Bonchev–Trinajstić information content (AvgIpc) is 3.33. The lowest BCUT2D eigenvalue weighted by Crippen LogP contribution is -2.40. The summed E-state index contributed by atoms with van der Waals surface area (Å²) < 4.78 is 5.64. The molecular formula is C27H30ClNO4. The summed E-state index contributed by atoms with van der Waals surface area (Å²) in [6, 6.07) is 12.5. The molecule has 5 atom stereocenters. The first-order valence-electron chi connectivity index (χ1n) is 11.8. The predicted molar refractivity (Wildman–Crippen MR) is 128 cm³/mol. The molecule has 0 saturated heterocycles. The largest absolute Gasteiger partial charge is 0.479 e. The van der Waals surface area contributed by atoms with E-state index in [0.29, 0.717) is 33.9 Å². The molecule has 1 spiro atoms.